The molecule has 1 aromatic heterocycles. The van der Waals surface area contributed by atoms with E-state index in [1.54, 1.807) is 12.1 Å². The number of fused-ring (bicyclic) bond motifs is 1. The molecule has 1 fully saturated rings. The Morgan fingerprint density at radius 1 is 1.19 bits per heavy atom. The van der Waals surface area contributed by atoms with Gasteiger partial charge in [0.15, 0.2) is 17.3 Å². The topological polar surface area (TPSA) is 46.3 Å². The summed E-state index contributed by atoms with van der Waals surface area (Å²) in [5.74, 6) is 0.783. The van der Waals surface area contributed by atoms with E-state index in [4.69, 9.17) is 4.42 Å². The van der Waals surface area contributed by atoms with Gasteiger partial charge in [0.25, 0.3) is 0 Å². The number of carbonyl (C=O) groups is 1. The number of hydrogen-bond acceptors (Lipinski definition) is 4. The zero-order valence-electron chi connectivity index (χ0n) is 14.5. The van der Waals surface area contributed by atoms with Crippen molar-refractivity contribution in [1.82, 2.24) is 9.88 Å². The van der Waals surface area contributed by atoms with Crippen LogP contribution >= 0.6 is 0 Å². The molecule has 4 nitrogen and oxygen atoms in total. The van der Waals surface area contributed by atoms with Crippen LogP contribution in [0.2, 0.25) is 0 Å². The molecule has 26 heavy (non-hydrogen) atoms. The fraction of sp³-hybridized carbons (Fsp3) is 0.333. The first-order valence-electron chi connectivity index (χ1n) is 9.05. The van der Waals surface area contributed by atoms with Gasteiger partial charge in [0.1, 0.15) is 11.3 Å². The zero-order valence-corrected chi connectivity index (χ0v) is 14.5. The Balaban J connectivity index is 1.37. The predicted octanol–water partition coefficient (Wildman–Crippen LogP) is 4.42. The highest BCUT2D eigenvalue weighted by Gasteiger charge is 2.25. The molecule has 0 bridgehead atoms. The fourth-order valence-corrected chi connectivity index (χ4v) is 3.56. The molecule has 4 rings (SSSR count). The van der Waals surface area contributed by atoms with Crippen LogP contribution in [-0.2, 0) is 0 Å². The number of nitrogens with zero attached hydrogens (tertiary/aromatic N) is 2. The quantitative estimate of drug-likeness (QED) is 0.638. The van der Waals surface area contributed by atoms with Crippen LogP contribution in [0.3, 0.4) is 0 Å². The van der Waals surface area contributed by atoms with Crippen molar-refractivity contribution in [2.75, 3.05) is 19.6 Å². The first kappa shape index (κ1) is 16.9. The van der Waals surface area contributed by atoms with Crippen LogP contribution in [0.25, 0.3) is 11.1 Å². The van der Waals surface area contributed by atoms with Crippen molar-refractivity contribution >= 4 is 16.9 Å². The minimum atomic E-state index is -0.321. The van der Waals surface area contributed by atoms with Gasteiger partial charge in [-0.25, -0.2) is 9.37 Å². The SMILES string of the molecule is O=C(CCN1CCC[C@@H](c2nc3ccccc3o2)C1)c1ccc(F)cc1. The van der Waals surface area contributed by atoms with E-state index >= 15 is 0 Å². The zero-order chi connectivity index (χ0) is 17.9. The molecule has 0 saturated carbocycles. The van der Waals surface area contributed by atoms with Gasteiger partial charge in [0.2, 0.25) is 0 Å². The van der Waals surface area contributed by atoms with Crippen molar-refractivity contribution in [2.45, 2.75) is 25.2 Å². The number of rotatable bonds is 5. The lowest BCUT2D eigenvalue weighted by molar-refractivity contribution is 0.0953. The third kappa shape index (κ3) is 3.68. The van der Waals surface area contributed by atoms with E-state index in [-0.39, 0.29) is 17.5 Å². The monoisotopic (exact) mass is 352 g/mol. The van der Waals surface area contributed by atoms with Gasteiger partial charge in [-0.15, -0.1) is 0 Å². The maximum atomic E-state index is 13.0. The highest BCUT2D eigenvalue weighted by Crippen LogP contribution is 2.29. The van der Waals surface area contributed by atoms with Gasteiger partial charge in [-0.05, 0) is 55.8 Å². The Morgan fingerprint density at radius 2 is 2.00 bits per heavy atom. The molecule has 0 N–H and O–H groups in total. The largest absolute Gasteiger partial charge is 0.440 e. The maximum Gasteiger partial charge on any atom is 0.199 e. The van der Waals surface area contributed by atoms with Crippen molar-refractivity contribution in [1.29, 1.82) is 0 Å². The Hall–Kier alpha value is -2.53. The Bertz CT molecular complexity index is 871. The maximum absolute atomic E-state index is 13.0. The highest BCUT2D eigenvalue weighted by atomic mass is 19.1. The standard InChI is InChI=1S/C21H21FN2O2/c22-17-9-7-15(8-10-17)19(25)11-13-24-12-3-4-16(14-24)21-23-18-5-1-2-6-20(18)26-21/h1-2,5-10,16H,3-4,11-14H2/t16-/m1/s1. The van der Waals surface area contributed by atoms with Crippen LogP contribution < -0.4 is 0 Å². The molecule has 0 aliphatic carbocycles. The molecular weight excluding hydrogens is 331 g/mol. The molecule has 3 aromatic rings. The van der Waals surface area contributed by atoms with E-state index in [0.717, 1.165) is 42.9 Å². The number of ketones is 1. The summed E-state index contributed by atoms with van der Waals surface area (Å²) < 4.78 is 18.9. The molecule has 0 spiro atoms. The number of hydrogen-bond donors (Lipinski definition) is 0. The summed E-state index contributed by atoms with van der Waals surface area (Å²) >= 11 is 0. The summed E-state index contributed by atoms with van der Waals surface area (Å²) in [6, 6.07) is 13.6. The number of benzene rings is 2. The second-order valence-corrected chi connectivity index (χ2v) is 6.84. The van der Waals surface area contributed by atoms with E-state index < -0.39 is 0 Å². The van der Waals surface area contributed by atoms with Crippen molar-refractivity contribution in [2.24, 2.45) is 0 Å². The lowest BCUT2D eigenvalue weighted by Gasteiger charge is -2.30. The molecular formula is C21H21FN2O2. The first-order valence-corrected chi connectivity index (χ1v) is 9.05. The lowest BCUT2D eigenvalue weighted by atomic mass is 9.97. The molecule has 0 radical (unpaired) electrons. The molecule has 2 heterocycles. The Labute approximate surface area is 151 Å². The number of halogens is 1. The number of para-hydroxylation sites is 2. The predicted molar refractivity (Wildman–Crippen MR) is 97.8 cm³/mol. The van der Waals surface area contributed by atoms with E-state index in [1.807, 2.05) is 24.3 Å². The first-order chi connectivity index (χ1) is 12.7. The molecule has 0 amide bonds. The van der Waals surface area contributed by atoms with Crippen LogP contribution in [0.5, 0.6) is 0 Å². The molecule has 1 saturated heterocycles. The molecule has 1 aliphatic rings. The van der Waals surface area contributed by atoms with E-state index in [2.05, 4.69) is 9.88 Å². The van der Waals surface area contributed by atoms with Crippen LogP contribution in [0.15, 0.2) is 52.9 Å². The second kappa shape index (κ2) is 7.38. The molecule has 134 valence electrons. The van der Waals surface area contributed by atoms with Gasteiger partial charge >= 0.3 is 0 Å². The number of likely N-dealkylation sites (tertiary alicyclic amines) is 1. The van der Waals surface area contributed by atoms with Crippen molar-refractivity contribution in [3.8, 4) is 0 Å². The summed E-state index contributed by atoms with van der Waals surface area (Å²) in [5, 5.41) is 0. The number of piperidine rings is 1. The van der Waals surface area contributed by atoms with Crippen molar-refractivity contribution in [3.05, 3.63) is 65.8 Å². The minimum Gasteiger partial charge on any atom is -0.440 e. The molecule has 1 aliphatic heterocycles. The van der Waals surface area contributed by atoms with E-state index in [0.29, 0.717) is 18.5 Å². The van der Waals surface area contributed by atoms with Gasteiger partial charge < -0.3 is 9.32 Å². The van der Waals surface area contributed by atoms with Crippen LogP contribution in [0.4, 0.5) is 4.39 Å². The summed E-state index contributed by atoms with van der Waals surface area (Å²) in [6.07, 6.45) is 2.55. The van der Waals surface area contributed by atoms with Crippen molar-refractivity contribution in [3.63, 3.8) is 0 Å². The summed E-state index contributed by atoms with van der Waals surface area (Å²) in [7, 11) is 0. The summed E-state index contributed by atoms with van der Waals surface area (Å²) in [4.78, 5) is 19.2. The highest BCUT2D eigenvalue weighted by molar-refractivity contribution is 5.96. The van der Waals surface area contributed by atoms with Crippen LogP contribution in [0, 0.1) is 5.82 Å². The third-order valence-electron chi connectivity index (χ3n) is 4.99. The average Bonchev–Trinajstić information content (AvgIpc) is 3.11. The van der Waals surface area contributed by atoms with E-state index in [1.165, 1.54) is 12.1 Å². The number of carbonyl (C=O) groups excluding carboxylic acids is 1. The summed E-state index contributed by atoms with van der Waals surface area (Å²) in [6.45, 7) is 2.53. The van der Waals surface area contributed by atoms with E-state index in [9.17, 15) is 9.18 Å². The number of oxazole rings is 1. The number of aromatic nitrogens is 1. The Morgan fingerprint density at radius 3 is 2.81 bits per heavy atom. The molecule has 2 aromatic carbocycles. The minimum absolute atomic E-state index is 0.0500. The van der Waals surface area contributed by atoms with Gasteiger partial charge in [-0.1, -0.05) is 12.1 Å². The second-order valence-electron chi connectivity index (χ2n) is 6.84. The average molecular weight is 352 g/mol. The van der Waals surface area contributed by atoms with Gasteiger partial charge in [-0.2, -0.15) is 0 Å². The third-order valence-corrected chi connectivity index (χ3v) is 4.99. The smallest absolute Gasteiger partial charge is 0.199 e. The van der Waals surface area contributed by atoms with Gasteiger partial charge in [0, 0.05) is 31.0 Å². The van der Waals surface area contributed by atoms with Crippen molar-refractivity contribution < 1.29 is 13.6 Å². The lowest BCUT2D eigenvalue weighted by Crippen LogP contribution is -2.36. The van der Waals surface area contributed by atoms with Crippen LogP contribution in [-0.4, -0.2) is 35.3 Å². The molecule has 0 unspecified atom stereocenters. The number of Topliss-reactive ketones (excluding diaryl/α,β-unsaturated/α-hetero) is 1. The molecule has 1 atom stereocenters. The van der Waals surface area contributed by atoms with Gasteiger partial charge in [-0.3, -0.25) is 4.79 Å². The van der Waals surface area contributed by atoms with Gasteiger partial charge in [0.05, 0.1) is 0 Å². The summed E-state index contributed by atoms with van der Waals surface area (Å²) in [5.41, 5.74) is 2.29. The van der Waals surface area contributed by atoms with Crippen LogP contribution in [0.1, 0.15) is 41.4 Å². The Kier molecular flexibility index (Phi) is 4.80. The fourth-order valence-electron chi connectivity index (χ4n) is 3.56. The normalized spacial score (nSPS) is 18.3. The molecule has 5 heteroatoms.